The lowest BCUT2D eigenvalue weighted by atomic mass is 9.83. The van der Waals surface area contributed by atoms with Gasteiger partial charge < -0.3 is 4.90 Å². The molecule has 10 heteroatoms. The summed E-state index contributed by atoms with van der Waals surface area (Å²) in [6.07, 6.45) is 6.43. The maximum absolute atomic E-state index is 13.4. The van der Waals surface area contributed by atoms with Gasteiger partial charge in [0.25, 0.3) is 0 Å². The van der Waals surface area contributed by atoms with Crippen LogP contribution in [0.3, 0.4) is 0 Å². The summed E-state index contributed by atoms with van der Waals surface area (Å²) in [4.78, 5) is 30.0. The van der Waals surface area contributed by atoms with Crippen LogP contribution in [0.5, 0.6) is 0 Å². The van der Waals surface area contributed by atoms with Crippen molar-refractivity contribution in [2.24, 2.45) is 23.7 Å². The predicted octanol–water partition coefficient (Wildman–Crippen LogP) is 4.32. The van der Waals surface area contributed by atoms with E-state index in [4.69, 9.17) is 0 Å². The molecule has 2 aliphatic heterocycles. The normalized spacial score (nSPS) is 22.0. The average Bonchev–Trinajstić information content (AvgIpc) is 2.98. The number of nitrogens with one attached hydrogen (secondary N) is 1. The van der Waals surface area contributed by atoms with Crippen LogP contribution in [-0.2, 0) is 19.6 Å². The number of benzene rings is 2. The van der Waals surface area contributed by atoms with Crippen LogP contribution in [0.2, 0.25) is 0 Å². The number of nitrogens with zero attached hydrogens (tertiary/aromatic N) is 3. The number of likely N-dealkylation sites (tertiary alicyclic amines) is 2. The standard InChI is InChI=1S/C31H46N4O5S/c1-23-18-25(10-9-13-29(24(2)30(36)32-38)31(37)35-16-7-4-8-17-35)21-34(20-23)22-33(3)41(39,40)28-15-14-26-11-5-6-12-27(26)19-28/h5-6,11-12,14-15,19,23-25,29,38H,4,7-10,13,16-18,20-22H2,1-3H3,(H,32,36)/t23?,24?,25-,29-/m1/s1. The van der Waals surface area contributed by atoms with Crippen LogP contribution in [-0.4, -0.2) is 79.4 Å². The topological polar surface area (TPSA) is 110 Å². The molecule has 226 valence electrons. The molecule has 2 aromatic rings. The summed E-state index contributed by atoms with van der Waals surface area (Å²) in [6.45, 7) is 7.32. The van der Waals surface area contributed by atoms with E-state index < -0.39 is 27.8 Å². The molecular formula is C31H46N4O5S. The largest absolute Gasteiger partial charge is 0.342 e. The van der Waals surface area contributed by atoms with E-state index in [-0.39, 0.29) is 5.91 Å². The van der Waals surface area contributed by atoms with Crippen LogP contribution in [0.4, 0.5) is 0 Å². The molecule has 2 amide bonds. The number of fused-ring (bicyclic) bond motifs is 1. The van der Waals surface area contributed by atoms with Crippen molar-refractivity contribution in [1.82, 2.24) is 19.6 Å². The molecule has 2 saturated heterocycles. The second kappa shape index (κ2) is 14.1. The fourth-order valence-corrected chi connectivity index (χ4v) is 7.83. The number of sulfonamides is 1. The highest BCUT2D eigenvalue weighted by Gasteiger charge is 2.34. The Hall–Kier alpha value is -2.53. The molecule has 2 fully saturated rings. The minimum Gasteiger partial charge on any atom is -0.342 e. The van der Waals surface area contributed by atoms with Crippen molar-refractivity contribution in [1.29, 1.82) is 0 Å². The number of hydrogen-bond acceptors (Lipinski definition) is 6. The number of rotatable bonds is 11. The molecule has 0 aliphatic carbocycles. The van der Waals surface area contributed by atoms with Crippen molar-refractivity contribution in [3.05, 3.63) is 42.5 Å². The summed E-state index contributed by atoms with van der Waals surface area (Å²) in [7, 11) is -2.00. The minimum atomic E-state index is -3.64. The van der Waals surface area contributed by atoms with Crippen molar-refractivity contribution >= 4 is 32.6 Å². The first-order chi connectivity index (χ1) is 19.6. The Bertz CT molecular complexity index is 1300. The van der Waals surface area contributed by atoms with E-state index in [1.165, 1.54) is 4.31 Å². The molecule has 2 unspecified atom stereocenters. The zero-order valence-electron chi connectivity index (χ0n) is 24.7. The van der Waals surface area contributed by atoms with Gasteiger partial charge in [-0.1, -0.05) is 50.6 Å². The van der Waals surface area contributed by atoms with Gasteiger partial charge in [0.2, 0.25) is 21.8 Å². The van der Waals surface area contributed by atoms with E-state index >= 15 is 0 Å². The molecule has 0 aromatic heterocycles. The maximum atomic E-state index is 13.4. The van der Waals surface area contributed by atoms with Gasteiger partial charge in [0.15, 0.2) is 0 Å². The van der Waals surface area contributed by atoms with Gasteiger partial charge in [-0.15, -0.1) is 0 Å². The summed E-state index contributed by atoms with van der Waals surface area (Å²) >= 11 is 0. The summed E-state index contributed by atoms with van der Waals surface area (Å²) in [5.41, 5.74) is 1.74. The number of hydrogen-bond donors (Lipinski definition) is 2. The second-order valence-electron chi connectivity index (χ2n) is 12.2. The fraction of sp³-hybridized carbons (Fsp3) is 0.613. The van der Waals surface area contributed by atoms with Gasteiger partial charge in [0.1, 0.15) is 0 Å². The van der Waals surface area contributed by atoms with E-state index in [1.807, 2.05) is 35.2 Å². The molecule has 2 aliphatic rings. The van der Waals surface area contributed by atoms with Crippen LogP contribution in [0.15, 0.2) is 47.4 Å². The number of hydroxylamine groups is 1. The van der Waals surface area contributed by atoms with Crippen LogP contribution in [0.25, 0.3) is 10.8 Å². The second-order valence-corrected chi connectivity index (χ2v) is 14.2. The Morgan fingerprint density at radius 1 is 1.07 bits per heavy atom. The molecule has 2 heterocycles. The van der Waals surface area contributed by atoms with E-state index in [2.05, 4.69) is 11.8 Å². The highest BCUT2D eigenvalue weighted by Crippen LogP contribution is 2.30. The molecule has 4 atom stereocenters. The summed E-state index contributed by atoms with van der Waals surface area (Å²) in [5.74, 6) is -0.771. The first-order valence-corrected chi connectivity index (χ1v) is 16.4. The summed E-state index contributed by atoms with van der Waals surface area (Å²) < 4.78 is 28.3. The smallest absolute Gasteiger partial charge is 0.246 e. The SMILES string of the molecule is CC1C[C@@H](CCC[C@@H](C(=O)N2CCCCC2)C(C)C(=O)NO)CN(CN(C)S(=O)(=O)c2ccc3ccccc3c2)C1. The lowest BCUT2D eigenvalue weighted by Gasteiger charge is -2.38. The van der Waals surface area contributed by atoms with Gasteiger partial charge >= 0.3 is 0 Å². The van der Waals surface area contributed by atoms with Crippen LogP contribution in [0, 0.1) is 23.7 Å². The molecule has 0 bridgehead atoms. The minimum absolute atomic E-state index is 0.0139. The van der Waals surface area contributed by atoms with E-state index in [0.717, 1.165) is 75.5 Å². The Kier molecular flexibility index (Phi) is 10.8. The Morgan fingerprint density at radius 3 is 2.49 bits per heavy atom. The zero-order chi connectivity index (χ0) is 29.6. The van der Waals surface area contributed by atoms with Crippen molar-refractivity contribution in [3.63, 3.8) is 0 Å². The van der Waals surface area contributed by atoms with Gasteiger partial charge in [-0.2, -0.15) is 4.31 Å². The third kappa shape index (κ3) is 7.85. The molecule has 0 saturated carbocycles. The molecule has 0 spiro atoms. The van der Waals surface area contributed by atoms with Crippen LogP contribution < -0.4 is 5.48 Å². The van der Waals surface area contributed by atoms with Crippen molar-refractivity contribution in [2.45, 2.75) is 63.7 Å². The van der Waals surface area contributed by atoms with Crippen molar-refractivity contribution < 1.29 is 23.2 Å². The molecule has 4 rings (SSSR count). The lowest BCUT2D eigenvalue weighted by Crippen LogP contribution is -2.46. The van der Waals surface area contributed by atoms with E-state index in [0.29, 0.717) is 29.8 Å². The summed E-state index contributed by atoms with van der Waals surface area (Å²) in [6, 6.07) is 13.0. The van der Waals surface area contributed by atoms with Crippen LogP contribution >= 0.6 is 0 Å². The zero-order valence-corrected chi connectivity index (χ0v) is 25.5. The van der Waals surface area contributed by atoms with Gasteiger partial charge in [-0.25, -0.2) is 13.9 Å². The highest BCUT2D eigenvalue weighted by molar-refractivity contribution is 7.89. The number of carbonyl (C=O) groups is 2. The Labute approximate surface area is 244 Å². The van der Waals surface area contributed by atoms with Crippen molar-refractivity contribution in [3.8, 4) is 0 Å². The summed E-state index contributed by atoms with van der Waals surface area (Å²) in [5, 5.41) is 11.1. The van der Waals surface area contributed by atoms with E-state index in [9.17, 15) is 23.2 Å². The van der Waals surface area contributed by atoms with E-state index in [1.54, 1.807) is 31.6 Å². The molecule has 2 aromatic carbocycles. The molecule has 0 radical (unpaired) electrons. The first kappa shape index (κ1) is 31.4. The Balaban J connectivity index is 1.35. The maximum Gasteiger partial charge on any atom is 0.246 e. The third-order valence-electron chi connectivity index (χ3n) is 8.89. The fourth-order valence-electron chi connectivity index (χ4n) is 6.64. The Morgan fingerprint density at radius 2 is 1.78 bits per heavy atom. The van der Waals surface area contributed by atoms with Gasteiger partial charge in [-0.3, -0.25) is 19.7 Å². The number of amides is 2. The quantitative estimate of drug-likeness (QED) is 0.300. The lowest BCUT2D eigenvalue weighted by molar-refractivity contribution is -0.145. The number of piperidine rings is 2. The average molecular weight is 587 g/mol. The van der Waals surface area contributed by atoms with Crippen molar-refractivity contribution in [2.75, 3.05) is 39.9 Å². The highest BCUT2D eigenvalue weighted by atomic mass is 32.2. The number of carbonyl (C=O) groups excluding carboxylic acids is 2. The molecule has 9 nitrogen and oxygen atoms in total. The first-order valence-electron chi connectivity index (χ1n) is 15.0. The van der Waals surface area contributed by atoms with Crippen LogP contribution in [0.1, 0.15) is 58.8 Å². The predicted molar refractivity (Wildman–Crippen MR) is 159 cm³/mol. The monoisotopic (exact) mass is 586 g/mol. The molecular weight excluding hydrogens is 540 g/mol. The third-order valence-corrected chi connectivity index (χ3v) is 10.7. The molecule has 2 N–H and O–H groups in total. The van der Waals surface area contributed by atoms with Gasteiger partial charge in [-0.05, 0) is 73.3 Å². The van der Waals surface area contributed by atoms with Gasteiger partial charge in [0.05, 0.1) is 11.6 Å². The van der Waals surface area contributed by atoms with Gasteiger partial charge in [0, 0.05) is 45.1 Å². The molecule has 41 heavy (non-hydrogen) atoms.